The highest BCUT2D eigenvalue weighted by Crippen LogP contribution is 2.39. The minimum absolute atomic E-state index is 0.248. The molecule has 5 nitrogen and oxygen atoms in total. The number of nitrogens with zero attached hydrogens (tertiary/aromatic N) is 1. The second-order valence-corrected chi connectivity index (χ2v) is 6.44. The van der Waals surface area contributed by atoms with Crippen LogP contribution in [0.1, 0.15) is 6.42 Å². The van der Waals surface area contributed by atoms with Crippen LogP contribution in [0.5, 0.6) is 5.75 Å². The van der Waals surface area contributed by atoms with Crippen LogP contribution in [0.4, 0.5) is 0 Å². The van der Waals surface area contributed by atoms with Gasteiger partial charge in [0.25, 0.3) is 0 Å². The van der Waals surface area contributed by atoms with E-state index in [1.165, 1.54) is 0 Å². The summed E-state index contributed by atoms with van der Waals surface area (Å²) in [5.74, 6) is -0.875. The molecule has 0 bridgehead atoms. The van der Waals surface area contributed by atoms with E-state index in [2.05, 4.69) is 47.8 Å². The van der Waals surface area contributed by atoms with Crippen molar-refractivity contribution in [3.05, 3.63) is 35.7 Å². The minimum atomic E-state index is -0.800. The van der Waals surface area contributed by atoms with Gasteiger partial charge in [0.1, 0.15) is 5.92 Å². The Labute approximate surface area is 127 Å². The van der Waals surface area contributed by atoms with Crippen molar-refractivity contribution in [3.8, 4) is 5.75 Å². The molecule has 2 atom stereocenters. The highest BCUT2D eigenvalue weighted by atomic mass is 79.9. The van der Waals surface area contributed by atoms with E-state index in [1.54, 1.807) is 12.1 Å². The normalized spacial score (nSPS) is 21.5. The Bertz CT molecular complexity index is 511. The first-order valence-corrected chi connectivity index (χ1v) is 7.27. The van der Waals surface area contributed by atoms with Crippen molar-refractivity contribution in [2.75, 3.05) is 0 Å². The average molecular weight is 444 g/mol. The van der Waals surface area contributed by atoms with E-state index in [0.717, 1.165) is 4.47 Å². The molecule has 0 saturated heterocycles. The van der Waals surface area contributed by atoms with Gasteiger partial charge < -0.3 is 4.74 Å². The van der Waals surface area contributed by atoms with Gasteiger partial charge in [-0.25, -0.2) is 0 Å². The number of nitro groups is 1. The summed E-state index contributed by atoms with van der Waals surface area (Å²) in [6.07, 6.45) is 0.248. The van der Waals surface area contributed by atoms with Gasteiger partial charge in [0.05, 0.1) is 8.95 Å². The van der Waals surface area contributed by atoms with E-state index in [-0.39, 0.29) is 6.42 Å². The molecule has 0 aromatic heterocycles. The first-order valence-electron chi connectivity index (χ1n) is 4.90. The van der Waals surface area contributed by atoms with Crippen LogP contribution in [0.2, 0.25) is 0 Å². The minimum Gasteiger partial charge on any atom is -0.424 e. The molecule has 0 aliphatic heterocycles. The highest BCUT2D eigenvalue weighted by Gasteiger charge is 2.54. The first-order chi connectivity index (χ1) is 8.40. The van der Waals surface area contributed by atoms with Gasteiger partial charge in [-0.1, -0.05) is 15.9 Å². The summed E-state index contributed by atoms with van der Waals surface area (Å²) >= 11 is 9.83. The van der Waals surface area contributed by atoms with Gasteiger partial charge in [-0.2, -0.15) is 0 Å². The van der Waals surface area contributed by atoms with Crippen LogP contribution in [0.25, 0.3) is 0 Å². The first kappa shape index (κ1) is 14.0. The molecule has 0 radical (unpaired) electrons. The van der Waals surface area contributed by atoms with Crippen LogP contribution in [0, 0.1) is 16.0 Å². The summed E-state index contributed by atoms with van der Waals surface area (Å²) in [7, 11) is 0. The molecular formula is C10H6Br3NO4. The predicted molar refractivity (Wildman–Crippen MR) is 74.1 cm³/mol. The standard InChI is InChI=1S/C10H6Br3NO4/c11-4-1-6(12)9(7(13)2-4)18-10(15)5-3-8(5)14(16)17/h1-2,5,8H,3H2. The summed E-state index contributed by atoms with van der Waals surface area (Å²) < 4.78 is 7.18. The largest absolute Gasteiger partial charge is 0.424 e. The number of rotatable bonds is 3. The summed E-state index contributed by atoms with van der Waals surface area (Å²) in [4.78, 5) is 21.7. The van der Waals surface area contributed by atoms with Gasteiger partial charge in [0.15, 0.2) is 5.75 Å². The average Bonchev–Trinajstić information content (AvgIpc) is 3.02. The van der Waals surface area contributed by atoms with Gasteiger partial charge in [-0.05, 0) is 44.0 Å². The van der Waals surface area contributed by atoms with Crippen LogP contribution in [0.15, 0.2) is 25.6 Å². The third-order valence-electron chi connectivity index (χ3n) is 2.50. The molecule has 1 saturated carbocycles. The van der Waals surface area contributed by atoms with E-state index >= 15 is 0 Å². The summed E-state index contributed by atoms with van der Waals surface area (Å²) in [5.41, 5.74) is 0. The van der Waals surface area contributed by atoms with E-state index in [4.69, 9.17) is 4.74 Å². The van der Waals surface area contributed by atoms with Crippen molar-refractivity contribution in [1.82, 2.24) is 0 Å². The van der Waals surface area contributed by atoms with Crippen LogP contribution in [0.3, 0.4) is 0 Å². The number of benzene rings is 1. The Morgan fingerprint density at radius 2 is 1.89 bits per heavy atom. The van der Waals surface area contributed by atoms with Crippen molar-refractivity contribution in [2.24, 2.45) is 5.92 Å². The Kier molecular flexibility index (Phi) is 4.08. The molecule has 1 aromatic rings. The molecule has 1 aliphatic carbocycles. The van der Waals surface area contributed by atoms with Crippen LogP contribution >= 0.6 is 47.8 Å². The monoisotopic (exact) mass is 441 g/mol. The van der Waals surface area contributed by atoms with Gasteiger partial charge in [-0.3, -0.25) is 14.9 Å². The molecule has 1 aromatic carbocycles. The lowest BCUT2D eigenvalue weighted by molar-refractivity contribution is -0.497. The number of carbonyl (C=O) groups excluding carboxylic acids is 1. The van der Waals surface area contributed by atoms with E-state index in [1.807, 2.05) is 0 Å². The van der Waals surface area contributed by atoms with Gasteiger partial charge in [0.2, 0.25) is 6.04 Å². The fourth-order valence-electron chi connectivity index (χ4n) is 1.47. The zero-order valence-corrected chi connectivity index (χ0v) is 13.5. The highest BCUT2D eigenvalue weighted by molar-refractivity contribution is 9.11. The van der Waals surface area contributed by atoms with Gasteiger partial charge >= 0.3 is 5.97 Å². The fourth-order valence-corrected chi connectivity index (χ4v) is 3.89. The Morgan fingerprint density at radius 3 is 2.33 bits per heavy atom. The molecule has 96 valence electrons. The van der Waals surface area contributed by atoms with Crippen LogP contribution in [-0.2, 0) is 4.79 Å². The number of ether oxygens (including phenoxy) is 1. The molecule has 0 amide bonds. The molecule has 2 unspecified atom stereocenters. The molecular weight excluding hydrogens is 438 g/mol. The number of carbonyl (C=O) groups is 1. The predicted octanol–water partition coefficient (Wildman–Crippen LogP) is 3.54. The Balaban J connectivity index is 2.11. The van der Waals surface area contributed by atoms with Crippen molar-refractivity contribution < 1.29 is 14.5 Å². The third kappa shape index (κ3) is 2.92. The maximum absolute atomic E-state index is 11.7. The maximum atomic E-state index is 11.7. The molecule has 0 N–H and O–H groups in total. The van der Waals surface area contributed by atoms with Crippen molar-refractivity contribution in [3.63, 3.8) is 0 Å². The Morgan fingerprint density at radius 1 is 1.33 bits per heavy atom. The summed E-state index contributed by atoms with van der Waals surface area (Å²) in [5, 5.41) is 10.5. The molecule has 18 heavy (non-hydrogen) atoms. The lowest BCUT2D eigenvalue weighted by Gasteiger charge is -2.08. The number of halogens is 3. The molecule has 1 aliphatic rings. The third-order valence-corrected chi connectivity index (χ3v) is 4.13. The van der Waals surface area contributed by atoms with Crippen molar-refractivity contribution in [2.45, 2.75) is 12.5 Å². The van der Waals surface area contributed by atoms with Gasteiger partial charge in [0, 0.05) is 15.8 Å². The number of hydrogen-bond acceptors (Lipinski definition) is 4. The van der Waals surface area contributed by atoms with E-state index < -0.39 is 22.9 Å². The second-order valence-electron chi connectivity index (χ2n) is 3.81. The smallest absolute Gasteiger partial charge is 0.321 e. The lowest BCUT2D eigenvalue weighted by atomic mass is 10.3. The molecule has 0 heterocycles. The molecule has 1 fully saturated rings. The second kappa shape index (κ2) is 5.26. The number of hydrogen-bond donors (Lipinski definition) is 0. The Hall–Kier alpha value is -0.470. The lowest BCUT2D eigenvalue weighted by Crippen LogP contribution is -2.16. The van der Waals surface area contributed by atoms with E-state index in [0.29, 0.717) is 14.7 Å². The summed E-state index contributed by atoms with van der Waals surface area (Å²) in [6, 6.07) is 2.65. The van der Waals surface area contributed by atoms with E-state index in [9.17, 15) is 14.9 Å². The maximum Gasteiger partial charge on any atom is 0.321 e. The van der Waals surface area contributed by atoms with Crippen molar-refractivity contribution >= 4 is 53.8 Å². The van der Waals surface area contributed by atoms with Gasteiger partial charge in [-0.15, -0.1) is 0 Å². The zero-order valence-electron chi connectivity index (χ0n) is 8.73. The zero-order chi connectivity index (χ0) is 13.4. The fraction of sp³-hybridized carbons (Fsp3) is 0.300. The number of esters is 1. The molecule has 2 rings (SSSR count). The SMILES string of the molecule is O=C(Oc1c(Br)cc(Br)cc1Br)C1CC1[N+](=O)[O-]. The van der Waals surface area contributed by atoms with Crippen LogP contribution in [-0.4, -0.2) is 16.9 Å². The van der Waals surface area contributed by atoms with Crippen molar-refractivity contribution in [1.29, 1.82) is 0 Å². The quantitative estimate of drug-likeness (QED) is 0.310. The van der Waals surface area contributed by atoms with Crippen LogP contribution < -0.4 is 4.74 Å². The summed E-state index contributed by atoms with van der Waals surface area (Å²) in [6.45, 7) is 0. The molecule has 0 spiro atoms. The molecule has 8 heteroatoms. The topological polar surface area (TPSA) is 69.4 Å².